The fourth-order valence-electron chi connectivity index (χ4n) is 1.97. The summed E-state index contributed by atoms with van der Waals surface area (Å²) in [6.45, 7) is 2.91. The van der Waals surface area contributed by atoms with E-state index in [1.54, 1.807) is 17.1 Å². The van der Waals surface area contributed by atoms with Crippen LogP contribution in [0.25, 0.3) is 0 Å². The number of nitrogens with one attached hydrogen (secondary N) is 1. The number of carbonyl (C=O) groups is 1. The molecule has 94 valence electrons. The lowest BCUT2D eigenvalue weighted by molar-refractivity contribution is -0.122. The van der Waals surface area contributed by atoms with Crippen LogP contribution in [-0.2, 0) is 11.8 Å². The van der Waals surface area contributed by atoms with Crippen LogP contribution in [0, 0.1) is 5.41 Å². The van der Waals surface area contributed by atoms with Crippen molar-refractivity contribution in [3.05, 3.63) is 18.0 Å². The first-order valence-electron chi connectivity index (χ1n) is 6.08. The number of nitrogens with zero attached hydrogens (tertiary/aromatic N) is 2. The van der Waals surface area contributed by atoms with Gasteiger partial charge >= 0.3 is 0 Å². The largest absolute Gasteiger partial charge is 0.354 e. The maximum Gasteiger partial charge on any atom is 0.241 e. The van der Waals surface area contributed by atoms with Crippen molar-refractivity contribution in [3.63, 3.8) is 0 Å². The SMILES string of the molecule is CCC1(CNC(=O)C(N)c2cnn(C)c2)CC1. The van der Waals surface area contributed by atoms with E-state index in [0.29, 0.717) is 5.41 Å². The van der Waals surface area contributed by atoms with Crippen molar-refractivity contribution in [3.8, 4) is 0 Å². The lowest BCUT2D eigenvalue weighted by atomic mass is 10.0. The van der Waals surface area contributed by atoms with Gasteiger partial charge in [-0.15, -0.1) is 0 Å². The average Bonchev–Trinajstić information content (AvgIpc) is 3.00. The number of carbonyl (C=O) groups excluding carboxylic acids is 1. The van der Waals surface area contributed by atoms with Crippen LogP contribution in [-0.4, -0.2) is 22.2 Å². The summed E-state index contributed by atoms with van der Waals surface area (Å²) in [7, 11) is 1.81. The predicted molar refractivity (Wildman–Crippen MR) is 65.1 cm³/mol. The Hall–Kier alpha value is -1.36. The Labute approximate surface area is 101 Å². The molecule has 17 heavy (non-hydrogen) atoms. The van der Waals surface area contributed by atoms with E-state index in [9.17, 15) is 4.79 Å². The Morgan fingerprint density at radius 3 is 2.88 bits per heavy atom. The topological polar surface area (TPSA) is 72.9 Å². The van der Waals surface area contributed by atoms with E-state index in [0.717, 1.165) is 18.5 Å². The second-order valence-corrected chi connectivity index (χ2v) is 5.00. The van der Waals surface area contributed by atoms with Crippen molar-refractivity contribution in [2.45, 2.75) is 32.2 Å². The van der Waals surface area contributed by atoms with Crippen LogP contribution in [0.1, 0.15) is 37.8 Å². The van der Waals surface area contributed by atoms with Gasteiger partial charge in [0, 0.05) is 25.4 Å². The van der Waals surface area contributed by atoms with Crippen LogP contribution in [0.2, 0.25) is 0 Å². The number of hydrogen-bond acceptors (Lipinski definition) is 3. The first-order chi connectivity index (χ1) is 8.06. The van der Waals surface area contributed by atoms with Crippen molar-refractivity contribution in [1.29, 1.82) is 0 Å². The zero-order valence-electron chi connectivity index (χ0n) is 10.4. The van der Waals surface area contributed by atoms with Crippen molar-refractivity contribution in [2.75, 3.05) is 6.54 Å². The summed E-state index contributed by atoms with van der Waals surface area (Å²) in [6, 6.07) is -0.614. The van der Waals surface area contributed by atoms with E-state index in [1.807, 2.05) is 7.05 Å². The van der Waals surface area contributed by atoms with E-state index in [2.05, 4.69) is 17.3 Å². The molecule has 0 aromatic carbocycles. The van der Waals surface area contributed by atoms with Crippen LogP contribution in [0.5, 0.6) is 0 Å². The monoisotopic (exact) mass is 236 g/mol. The summed E-state index contributed by atoms with van der Waals surface area (Å²) >= 11 is 0. The lowest BCUT2D eigenvalue weighted by Crippen LogP contribution is -2.37. The third-order valence-corrected chi connectivity index (χ3v) is 3.71. The van der Waals surface area contributed by atoms with Crippen LogP contribution in [0.3, 0.4) is 0 Å². The summed E-state index contributed by atoms with van der Waals surface area (Å²) in [5.74, 6) is -0.113. The second-order valence-electron chi connectivity index (χ2n) is 5.00. The van der Waals surface area contributed by atoms with E-state index >= 15 is 0 Å². The molecule has 2 rings (SSSR count). The molecule has 1 aromatic heterocycles. The number of aromatic nitrogens is 2. The van der Waals surface area contributed by atoms with Crippen LogP contribution in [0.4, 0.5) is 0 Å². The minimum Gasteiger partial charge on any atom is -0.354 e. The van der Waals surface area contributed by atoms with E-state index in [1.165, 1.54) is 12.8 Å². The lowest BCUT2D eigenvalue weighted by Gasteiger charge is -2.15. The van der Waals surface area contributed by atoms with Crippen LogP contribution < -0.4 is 11.1 Å². The van der Waals surface area contributed by atoms with Crippen LogP contribution in [0.15, 0.2) is 12.4 Å². The summed E-state index contributed by atoms with van der Waals surface area (Å²) in [5, 5.41) is 6.96. The van der Waals surface area contributed by atoms with Gasteiger partial charge in [0.2, 0.25) is 5.91 Å². The number of amides is 1. The highest BCUT2D eigenvalue weighted by atomic mass is 16.2. The predicted octanol–water partition coefficient (Wildman–Crippen LogP) is 0.726. The number of hydrogen-bond donors (Lipinski definition) is 2. The maximum atomic E-state index is 11.9. The summed E-state index contributed by atoms with van der Waals surface area (Å²) in [4.78, 5) is 11.9. The first-order valence-corrected chi connectivity index (χ1v) is 6.08. The normalized spacial score (nSPS) is 18.8. The summed E-state index contributed by atoms with van der Waals surface area (Å²) in [5.41, 5.74) is 6.99. The molecule has 5 heteroatoms. The number of aryl methyl sites for hydroxylation is 1. The molecule has 5 nitrogen and oxygen atoms in total. The highest BCUT2D eigenvalue weighted by Gasteiger charge is 2.40. The molecule has 1 fully saturated rings. The average molecular weight is 236 g/mol. The molecule has 0 aliphatic heterocycles. The minimum absolute atomic E-state index is 0.113. The Morgan fingerprint density at radius 1 is 1.71 bits per heavy atom. The zero-order chi connectivity index (χ0) is 12.5. The molecule has 1 saturated carbocycles. The zero-order valence-corrected chi connectivity index (χ0v) is 10.4. The quantitative estimate of drug-likeness (QED) is 0.791. The van der Waals surface area contributed by atoms with Crippen molar-refractivity contribution in [2.24, 2.45) is 18.2 Å². The van der Waals surface area contributed by atoms with Gasteiger partial charge in [0.05, 0.1) is 6.20 Å². The molecule has 1 aliphatic rings. The number of nitrogens with two attached hydrogens (primary N) is 1. The molecule has 1 heterocycles. The van der Waals surface area contributed by atoms with Gasteiger partial charge in [0.1, 0.15) is 6.04 Å². The third kappa shape index (κ3) is 2.66. The van der Waals surface area contributed by atoms with Crippen molar-refractivity contribution >= 4 is 5.91 Å². The van der Waals surface area contributed by atoms with Gasteiger partial charge in [0.25, 0.3) is 0 Å². The smallest absolute Gasteiger partial charge is 0.241 e. The van der Waals surface area contributed by atoms with Gasteiger partial charge in [-0.1, -0.05) is 6.92 Å². The second kappa shape index (κ2) is 4.49. The molecular weight excluding hydrogens is 216 g/mol. The van der Waals surface area contributed by atoms with Crippen LogP contribution >= 0.6 is 0 Å². The van der Waals surface area contributed by atoms with E-state index in [4.69, 9.17) is 5.73 Å². The maximum absolute atomic E-state index is 11.9. The van der Waals surface area contributed by atoms with Gasteiger partial charge in [-0.3, -0.25) is 9.48 Å². The fraction of sp³-hybridized carbons (Fsp3) is 0.667. The Bertz CT molecular complexity index is 408. The molecule has 1 amide bonds. The molecule has 0 saturated heterocycles. The molecular formula is C12H20N4O. The highest BCUT2D eigenvalue weighted by molar-refractivity contribution is 5.82. The molecule has 0 radical (unpaired) electrons. The number of rotatable bonds is 5. The fourth-order valence-corrected chi connectivity index (χ4v) is 1.97. The molecule has 0 spiro atoms. The van der Waals surface area contributed by atoms with Gasteiger partial charge in [-0.25, -0.2) is 0 Å². The third-order valence-electron chi connectivity index (χ3n) is 3.71. The van der Waals surface area contributed by atoms with Gasteiger partial charge in [0.15, 0.2) is 0 Å². The Balaban J connectivity index is 1.87. The van der Waals surface area contributed by atoms with E-state index in [-0.39, 0.29) is 5.91 Å². The molecule has 1 atom stereocenters. The van der Waals surface area contributed by atoms with Crippen molar-refractivity contribution < 1.29 is 4.79 Å². The van der Waals surface area contributed by atoms with Gasteiger partial charge in [-0.2, -0.15) is 5.10 Å². The first kappa shape index (κ1) is 12.1. The van der Waals surface area contributed by atoms with E-state index < -0.39 is 6.04 Å². The standard InChI is InChI=1S/C12H20N4O/c1-3-12(4-5-12)8-14-11(17)10(13)9-6-15-16(2)7-9/h6-7,10H,3-5,8,13H2,1-2H3,(H,14,17). The molecule has 0 bridgehead atoms. The minimum atomic E-state index is -0.614. The molecule has 1 aliphatic carbocycles. The summed E-state index contributed by atoms with van der Waals surface area (Å²) < 4.78 is 1.65. The summed E-state index contributed by atoms with van der Waals surface area (Å²) in [6.07, 6.45) is 6.96. The van der Waals surface area contributed by atoms with Crippen molar-refractivity contribution in [1.82, 2.24) is 15.1 Å². The molecule has 1 unspecified atom stereocenters. The molecule has 3 N–H and O–H groups in total. The Morgan fingerprint density at radius 2 is 2.41 bits per heavy atom. The van der Waals surface area contributed by atoms with Gasteiger partial charge in [-0.05, 0) is 24.7 Å². The Kier molecular flexibility index (Phi) is 3.19. The van der Waals surface area contributed by atoms with Gasteiger partial charge < -0.3 is 11.1 Å². The molecule has 1 aromatic rings. The highest BCUT2D eigenvalue weighted by Crippen LogP contribution is 2.47.